The number of benzene rings is 3. The Morgan fingerprint density at radius 3 is 1.86 bits per heavy atom. The Morgan fingerprint density at radius 2 is 1.27 bits per heavy atom. The Kier molecular flexibility index (Phi) is 17.1. The van der Waals surface area contributed by atoms with Crippen LogP contribution in [0.1, 0.15) is 93.9 Å². The van der Waals surface area contributed by atoms with Gasteiger partial charge in [0, 0.05) is 20.1 Å². The number of anilines is 2. The zero-order valence-electron chi connectivity index (χ0n) is 42.1. The van der Waals surface area contributed by atoms with Crippen molar-refractivity contribution in [3.63, 3.8) is 0 Å². The molecule has 21 nitrogen and oxygen atoms in total. The van der Waals surface area contributed by atoms with E-state index in [4.69, 9.17) is 48.9 Å². The van der Waals surface area contributed by atoms with Gasteiger partial charge in [-0.3, -0.25) is 18.2 Å². The highest BCUT2D eigenvalue weighted by Gasteiger charge is 2.49. The first-order valence-electron chi connectivity index (χ1n) is 25.1. The number of nitrogens with two attached hydrogens (primary N) is 2. The number of unbranched alkanes of at least 4 members (excludes halogenated alkanes) is 7. The number of hydrogen-bond acceptors (Lipinski definition) is 18. The van der Waals surface area contributed by atoms with Crippen molar-refractivity contribution in [3.8, 4) is 11.5 Å². The van der Waals surface area contributed by atoms with Crippen molar-refractivity contribution < 1.29 is 47.1 Å². The summed E-state index contributed by atoms with van der Waals surface area (Å²) in [7, 11) is 0.411. The molecule has 0 amide bonds. The average Bonchev–Trinajstić information content (AvgIpc) is 4.24. The van der Waals surface area contributed by atoms with Gasteiger partial charge >= 0.3 is 7.75 Å². The molecule has 0 spiro atoms. The van der Waals surface area contributed by atoms with E-state index in [0.717, 1.165) is 36.0 Å². The molecule has 9 rings (SSSR count). The summed E-state index contributed by atoms with van der Waals surface area (Å²) in [6.07, 6.45) is 7.91. The fraction of sp³-hybridized carbons (Fsp3) is 0.462. The van der Waals surface area contributed by atoms with Crippen LogP contribution in [0, 0.1) is 0 Å². The SMILES string of the molecule is CCCCCCCCCCNP(=O)(OC[C@H]1O[C@@H](n2cnc3c(N)ncnc32)[C@H](OC)[C@@H]1O)O[C@H]1C[C@H](n2cnc3c(N)ncnc32)O[C@@H]1COC(c1ccccc1)(c1ccc(OC)cc1)c1ccc(OC)cc1. The van der Waals surface area contributed by atoms with E-state index in [-0.39, 0.29) is 31.3 Å². The average molecular weight is 1040 g/mol. The largest absolute Gasteiger partial charge is 0.497 e. The Hall–Kier alpha value is -6.13. The molecule has 2 fully saturated rings. The molecule has 7 aromatic rings. The minimum absolute atomic E-state index is 0.0789. The van der Waals surface area contributed by atoms with E-state index < -0.39 is 56.3 Å². The lowest BCUT2D eigenvalue weighted by Gasteiger charge is -2.37. The minimum atomic E-state index is -4.30. The van der Waals surface area contributed by atoms with E-state index >= 15 is 4.57 Å². The van der Waals surface area contributed by atoms with Gasteiger partial charge in [-0.2, -0.15) is 0 Å². The highest BCUT2D eigenvalue weighted by Crippen LogP contribution is 2.51. The van der Waals surface area contributed by atoms with E-state index in [9.17, 15) is 5.11 Å². The second-order valence-electron chi connectivity index (χ2n) is 18.4. The number of aromatic nitrogens is 8. The van der Waals surface area contributed by atoms with Crippen LogP contribution in [0.15, 0.2) is 104 Å². The van der Waals surface area contributed by atoms with Crippen LogP contribution in [-0.2, 0) is 38.2 Å². The number of rotatable bonds is 26. The third-order valence-corrected chi connectivity index (χ3v) is 15.4. The number of imidazole rings is 2. The lowest BCUT2D eigenvalue weighted by atomic mass is 9.80. The maximum Gasteiger partial charge on any atom is 0.405 e. The number of fused-ring (bicyclic) bond motifs is 2. The van der Waals surface area contributed by atoms with Gasteiger partial charge < -0.3 is 45.0 Å². The van der Waals surface area contributed by atoms with Crippen LogP contribution >= 0.6 is 7.75 Å². The molecule has 0 bridgehead atoms. The van der Waals surface area contributed by atoms with E-state index in [1.54, 1.807) is 29.7 Å². The number of nitrogens with zero attached hydrogens (tertiary/aromatic N) is 8. The van der Waals surface area contributed by atoms with Gasteiger partial charge in [0.05, 0.1) is 40.1 Å². The molecule has 74 heavy (non-hydrogen) atoms. The number of nitrogens with one attached hydrogen (secondary N) is 1. The van der Waals surface area contributed by atoms with Crippen molar-refractivity contribution >= 4 is 41.7 Å². The number of nitrogen functional groups attached to an aromatic ring is 2. The topological polar surface area (TPSA) is 262 Å². The van der Waals surface area contributed by atoms with E-state index in [1.807, 2.05) is 78.9 Å². The Bertz CT molecular complexity index is 2900. The fourth-order valence-electron chi connectivity index (χ4n) is 9.82. The summed E-state index contributed by atoms with van der Waals surface area (Å²) in [5.41, 5.74) is 15.2. The van der Waals surface area contributed by atoms with Crippen molar-refractivity contribution in [2.45, 2.75) is 113 Å². The zero-order valence-corrected chi connectivity index (χ0v) is 43.0. The van der Waals surface area contributed by atoms with Gasteiger partial charge in [-0.05, 0) is 47.4 Å². The van der Waals surface area contributed by atoms with Crippen LogP contribution in [0.3, 0.4) is 0 Å². The molecule has 394 valence electrons. The lowest BCUT2D eigenvalue weighted by molar-refractivity contribution is -0.0924. The molecule has 1 unspecified atom stereocenters. The molecule has 6 N–H and O–H groups in total. The van der Waals surface area contributed by atoms with Gasteiger partial charge in [-0.15, -0.1) is 0 Å². The first-order valence-corrected chi connectivity index (χ1v) is 26.7. The van der Waals surface area contributed by atoms with Crippen LogP contribution in [0.5, 0.6) is 11.5 Å². The van der Waals surface area contributed by atoms with Crippen molar-refractivity contribution in [2.75, 3.05) is 52.6 Å². The van der Waals surface area contributed by atoms with Gasteiger partial charge in [0.2, 0.25) is 0 Å². The van der Waals surface area contributed by atoms with E-state index in [1.165, 1.54) is 51.8 Å². The second kappa shape index (κ2) is 24.0. The van der Waals surface area contributed by atoms with Gasteiger partial charge in [0.25, 0.3) is 0 Å². The summed E-state index contributed by atoms with van der Waals surface area (Å²) in [5.74, 6) is 1.75. The zero-order chi connectivity index (χ0) is 51.7. The standard InChI is InChI=1S/C52H66N11O10P/c1-5-6-7-8-9-10-11-15-26-61-74(65,70-29-41-45(64)46(68-4)51(72-41)63-33-60-44-48(54)56-31-58-50(44)63)73-39-27-42(62-32-59-43-47(53)55-30-57-49(43)62)71-40(39)28-69-52(34-16-13-12-14-17-34,35-18-22-37(66-2)23-19-35)36-20-24-38(67-3)25-21-36/h12-14,16-25,30-33,39-42,45-46,51,64H,5-11,15,26-29H2,1-4H3,(H,61,65)(H2,53,55,57)(H2,54,56,58)/t39-,40+,41+,42+,45+,46+,51+,74?/m0/s1. The second-order valence-corrected chi connectivity index (χ2v) is 20.2. The lowest BCUT2D eigenvalue weighted by Crippen LogP contribution is -2.39. The molecule has 2 aliphatic heterocycles. The smallest absolute Gasteiger partial charge is 0.405 e. The maximum atomic E-state index is 15.5. The first kappa shape index (κ1) is 52.7. The highest BCUT2D eigenvalue weighted by atomic mass is 31.2. The molecule has 0 radical (unpaired) electrons. The molecule has 2 saturated heterocycles. The Labute approximate surface area is 429 Å². The third-order valence-electron chi connectivity index (χ3n) is 13.8. The van der Waals surface area contributed by atoms with Gasteiger partial charge in [-0.1, -0.05) is 106 Å². The molecule has 4 aromatic heterocycles. The molecular weight excluding hydrogens is 970 g/mol. The number of hydrogen-bond donors (Lipinski definition) is 4. The minimum Gasteiger partial charge on any atom is -0.497 e. The monoisotopic (exact) mass is 1040 g/mol. The van der Waals surface area contributed by atoms with Crippen molar-refractivity contribution in [1.82, 2.24) is 44.1 Å². The van der Waals surface area contributed by atoms with Crippen LogP contribution in [0.4, 0.5) is 11.6 Å². The summed E-state index contributed by atoms with van der Waals surface area (Å²) < 4.78 is 69.7. The Morgan fingerprint density at radius 1 is 0.703 bits per heavy atom. The fourth-order valence-corrected chi connectivity index (χ4v) is 11.4. The molecule has 8 atom stereocenters. The van der Waals surface area contributed by atoms with Crippen LogP contribution in [0.25, 0.3) is 22.3 Å². The van der Waals surface area contributed by atoms with Crippen molar-refractivity contribution in [1.29, 1.82) is 0 Å². The normalized spacial score (nSPS) is 21.9. The molecular formula is C52H66N11O10P. The summed E-state index contributed by atoms with van der Waals surface area (Å²) >= 11 is 0. The maximum absolute atomic E-state index is 15.5. The van der Waals surface area contributed by atoms with Crippen molar-refractivity contribution in [2.24, 2.45) is 0 Å². The molecule has 0 aliphatic carbocycles. The van der Waals surface area contributed by atoms with Gasteiger partial charge in [0.15, 0.2) is 29.2 Å². The number of aliphatic hydroxyl groups is 1. The number of aliphatic hydroxyl groups excluding tert-OH is 1. The molecule has 6 heterocycles. The predicted molar refractivity (Wildman–Crippen MR) is 276 cm³/mol. The predicted octanol–water partition coefficient (Wildman–Crippen LogP) is 7.66. The van der Waals surface area contributed by atoms with E-state index in [0.29, 0.717) is 46.8 Å². The van der Waals surface area contributed by atoms with Crippen LogP contribution < -0.4 is 26.0 Å². The van der Waals surface area contributed by atoms with Crippen LogP contribution in [-0.4, -0.2) is 116 Å². The molecule has 0 saturated carbocycles. The molecule has 2 aliphatic rings. The summed E-state index contributed by atoms with van der Waals surface area (Å²) in [5, 5.41) is 14.9. The van der Waals surface area contributed by atoms with Gasteiger partial charge in [0.1, 0.15) is 77.5 Å². The highest BCUT2D eigenvalue weighted by molar-refractivity contribution is 7.51. The van der Waals surface area contributed by atoms with Crippen LogP contribution in [0.2, 0.25) is 0 Å². The number of methoxy groups -OCH3 is 3. The summed E-state index contributed by atoms with van der Waals surface area (Å²) in [6, 6.07) is 25.3. The molecule has 22 heteroatoms. The van der Waals surface area contributed by atoms with E-state index in [2.05, 4.69) is 41.9 Å². The van der Waals surface area contributed by atoms with Gasteiger partial charge in [-0.25, -0.2) is 39.6 Å². The first-order chi connectivity index (χ1) is 36.1. The Balaban J connectivity index is 1.04. The molecule has 3 aromatic carbocycles. The number of ether oxygens (including phenoxy) is 6. The summed E-state index contributed by atoms with van der Waals surface area (Å²) in [4.78, 5) is 26.0. The quantitative estimate of drug-likeness (QED) is 0.0230. The van der Waals surface area contributed by atoms with Crippen molar-refractivity contribution in [3.05, 3.63) is 121 Å². The third kappa shape index (κ3) is 11.3. The summed E-state index contributed by atoms with van der Waals surface area (Å²) in [6.45, 7) is 2.09.